The number of carbonyl (C=O) groups is 1. The van der Waals surface area contributed by atoms with Crippen molar-refractivity contribution in [3.63, 3.8) is 0 Å². The van der Waals surface area contributed by atoms with Gasteiger partial charge in [-0.05, 0) is 30.5 Å². The third kappa shape index (κ3) is 2.23. The first-order valence-electron chi connectivity index (χ1n) is 6.82. The minimum Gasteiger partial charge on any atom is -0.481 e. The van der Waals surface area contributed by atoms with Gasteiger partial charge in [-0.3, -0.25) is 4.79 Å². The molecule has 0 unspecified atom stereocenters. The molecule has 2 aromatic rings. The monoisotopic (exact) mass is 258 g/mol. The van der Waals surface area contributed by atoms with Crippen molar-refractivity contribution in [3.8, 4) is 0 Å². The molecule has 0 radical (unpaired) electrons. The summed E-state index contributed by atoms with van der Waals surface area (Å²) in [7, 11) is 2.04. The molecule has 1 aromatic carbocycles. The number of carboxylic acid groups (broad SMARTS) is 1. The van der Waals surface area contributed by atoms with Gasteiger partial charge in [-0.2, -0.15) is 0 Å². The molecular weight excluding hydrogens is 240 g/mol. The van der Waals surface area contributed by atoms with Crippen LogP contribution < -0.4 is 0 Å². The van der Waals surface area contributed by atoms with Gasteiger partial charge < -0.3 is 9.67 Å². The number of benzene rings is 1. The third-order valence-corrected chi connectivity index (χ3v) is 4.06. The lowest BCUT2D eigenvalue weighted by Gasteiger charge is -2.08. The number of carboxylic acids is 1. The Hall–Kier alpha value is -1.84. The SMILES string of the molecule is Cn1c(C2CCCC2)nc2ccc(CC(=O)O)cc21. The van der Waals surface area contributed by atoms with Gasteiger partial charge in [0.2, 0.25) is 0 Å². The van der Waals surface area contributed by atoms with Gasteiger partial charge in [0.05, 0.1) is 17.5 Å². The molecule has 0 saturated heterocycles. The van der Waals surface area contributed by atoms with Crippen LogP contribution in [0.2, 0.25) is 0 Å². The van der Waals surface area contributed by atoms with Crippen LogP contribution in [0.3, 0.4) is 0 Å². The van der Waals surface area contributed by atoms with Crippen LogP contribution in [-0.4, -0.2) is 20.6 Å². The lowest BCUT2D eigenvalue weighted by Crippen LogP contribution is -2.03. The summed E-state index contributed by atoms with van der Waals surface area (Å²) in [4.78, 5) is 15.5. The van der Waals surface area contributed by atoms with E-state index < -0.39 is 5.97 Å². The quantitative estimate of drug-likeness (QED) is 0.921. The van der Waals surface area contributed by atoms with E-state index in [1.165, 1.54) is 25.7 Å². The summed E-state index contributed by atoms with van der Waals surface area (Å²) in [6.07, 6.45) is 5.09. The van der Waals surface area contributed by atoms with Gasteiger partial charge in [0.25, 0.3) is 0 Å². The first-order chi connectivity index (χ1) is 9.15. The maximum Gasteiger partial charge on any atom is 0.307 e. The first-order valence-corrected chi connectivity index (χ1v) is 6.82. The Morgan fingerprint density at radius 1 is 1.42 bits per heavy atom. The number of imidazole rings is 1. The summed E-state index contributed by atoms with van der Waals surface area (Å²) in [5.74, 6) is 0.929. The molecule has 1 aliphatic rings. The van der Waals surface area contributed by atoms with Crippen molar-refractivity contribution in [1.82, 2.24) is 9.55 Å². The van der Waals surface area contributed by atoms with Gasteiger partial charge in [-0.25, -0.2) is 4.98 Å². The Bertz CT molecular complexity index is 624. The maximum absolute atomic E-state index is 10.8. The van der Waals surface area contributed by atoms with Crippen molar-refractivity contribution in [2.24, 2.45) is 7.05 Å². The van der Waals surface area contributed by atoms with Gasteiger partial charge in [0.1, 0.15) is 5.82 Å². The van der Waals surface area contributed by atoms with Crippen LogP contribution in [0.15, 0.2) is 18.2 Å². The fourth-order valence-electron chi connectivity index (χ4n) is 3.09. The fraction of sp³-hybridized carbons (Fsp3) is 0.467. The molecule has 100 valence electrons. The summed E-state index contributed by atoms with van der Waals surface area (Å²) in [6.45, 7) is 0. The highest BCUT2D eigenvalue weighted by molar-refractivity contribution is 5.79. The Morgan fingerprint density at radius 3 is 2.84 bits per heavy atom. The van der Waals surface area contributed by atoms with Gasteiger partial charge >= 0.3 is 5.97 Å². The smallest absolute Gasteiger partial charge is 0.307 e. The highest BCUT2D eigenvalue weighted by atomic mass is 16.4. The summed E-state index contributed by atoms with van der Waals surface area (Å²) in [6, 6.07) is 5.75. The summed E-state index contributed by atoms with van der Waals surface area (Å²) >= 11 is 0. The van der Waals surface area contributed by atoms with E-state index in [0.717, 1.165) is 22.4 Å². The van der Waals surface area contributed by atoms with Crippen molar-refractivity contribution in [2.75, 3.05) is 0 Å². The van der Waals surface area contributed by atoms with Crippen molar-refractivity contribution < 1.29 is 9.90 Å². The Labute approximate surface area is 112 Å². The molecule has 3 rings (SSSR count). The number of hydrogen-bond donors (Lipinski definition) is 1. The van der Waals surface area contributed by atoms with E-state index >= 15 is 0 Å². The Kier molecular flexibility index (Phi) is 3.01. The molecule has 0 aliphatic heterocycles. The molecule has 0 spiro atoms. The summed E-state index contributed by atoms with van der Waals surface area (Å²) in [5.41, 5.74) is 2.85. The highest BCUT2D eigenvalue weighted by Crippen LogP contribution is 2.34. The van der Waals surface area contributed by atoms with Crippen LogP contribution >= 0.6 is 0 Å². The number of aryl methyl sites for hydroxylation is 1. The average Bonchev–Trinajstić information content (AvgIpc) is 2.97. The molecule has 19 heavy (non-hydrogen) atoms. The van der Waals surface area contributed by atoms with E-state index in [2.05, 4.69) is 4.57 Å². The van der Waals surface area contributed by atoms with Crippen LogP contribution in [0.1, 0.15) is 43.0 Å². The zero-order chi connectivity index (χ0) is 13.4. The number of hydrogen-bond acceptors (Lipinski definition) is 2. The van der Waals surface area contributed by atoms with Crippen molar-refractivity contribution in [2.45, 2.75) is 38.0 Å². The van der Waals surface area contributed by atoms with E-state index in [4.69, 9.17) is 10.1 Å². The van der Waals surface area contributed by atoms with Crippen molar-refractivity contribution in [3.05, 3.63) is 29.6 Å². The Morgan fingerprint density at radius 2 is 2.16 bits per heavy atom. The van der Waals surface area contributed by atoms with Crippen LogP contribution in [-0.2, 0) is 18.3 Å². The molecule has 0 bridgehead atoms. The summed E-state index contributed by atoms with van der Waals surface area (Å²) < 4.78 is 2.14. The van der Waals surface area contributed by atoms with E-state index in [-0.39, 0.29) is 6.42 Å². The lowest BCUT2D eigenvalue weighted by atomic mass is 10.1. The minimum atomic E-state index is -0.794. The van der Waals surface area contributed by atoms with Crippen LogP contribution in [0.25, 0.3) is 11.0 Å². The molecule has 1 N–H and O–H groups in total. The highest BCUT2D eigenvalue weighted by Gasteiger charge is 2.22. The van der Waals surface area contributed by atoms with Crippen LogP contribution in [0.5, 0.6) is 0 Å². The molecule has 4 nitrogen and oxygen atoms in total. The van der Waals surface area contributed by atoms with Gasteiger partial charge in [0, 0.05) is 13.0 Å². The lowest BCUT2D eigenvalue weighted by molar-refractivity contribution is -0.136. The normalized spacial score (nSPS) is 16.3. The van der Waals surface area contributed by atoms with E-state index in [1.54, 1.807) is 0 Å². The predicted octanol–water partition coefficient (Wildman–Crippen LogP) is 2.86. The second kappa shape index (κ2) is 4.68. The zero-order valence-electron chi connectivity index (χ0n) is 11.1. The molecule has 1 aliphatic carbocycles. The number of rotatable bonds is 3. The second-order valence-corrected chi connectivity index (χ2v) is 5.40. The zero-order valence-corrected chi connectivity index (χ0v) is 11.1. The van der Waals surface area contributed by atoms with Crippen LogP contribution in [0.4, 0.5) is 0 Å². The van der Waals surface area contributed by atoms with Crippen molar-refractivity contribution >= 4 is 17.0 Å². The molecule has 0 amide bonds. The first kappa shape index (κ1) is 12.2. The molecule has 1 heterocycles. The predicted molar refractivity (Wildman–Crippen MR) is 73.3 cm³/mol. The van der Waals surface area contributed by atoms with Gasteiger partial charge in [-0.15, -0.1) is 0 Å². The van der Waals surface area contributed by atoms with E-state index in [1.807, 2.05) is 25.2 Å². The molecule has 1 aromatic heterocycles. The maximum atomic E-state index is 10.8. The Balaban J connectivity index is 2.02. The third-order valence-electron chi connectivity index (χ3n) is 4.06. The van der Waals surface area contributed by atoms with E-state index in [9.17, 15) is 4.79 Å². The number of fused-ring (bicyclic) bond motifs is 1. The molecule has 1 saturated carbocycles. The fourth-order valence-corrected chi connectivity index (χ4v) is 3.09. The van der Waals surface area contributed by atoms with Crippen molar-refractivity contribution in [1.29, 1.82) is 0 Å². The number of aromatic nitrogens is 2. The number of aliphatic carboxylic acids is 1. The largest absolute Gasteiger partial charge is 0.481 e. The standard InChI is InChI=1S/C15H18N2O2/c1-17-13-8-10(9-14(18)19)6-7-12(13)16-15(17)11-4-2-3-5-11/h6-8,11H,2-5,9H2,1H3,(H,18,19). The second-order valence-electron chi connectivity index (χ2n) is 5.40. The summed E-state index contributed by atoms with van der Waals surface area (Å²) in [5, 5.41) is 8.86. The van der Waals surface area contributed by atoms with Gasteiger partial charge in [0.15, 0.2) is 0 Å². The molecule has 4 heteroatoms. The molecule has 1 fully saturated rings. The van der Waals surface area contributed by atoms with Crippen LogP contribution in [0, 0.1) is 0 Å². The minimum absolute atomic E-state index is 0.0693. The molecular formula is C15H18N2O2. The topological polar surface area (TPSA) is 55.1 Å². The average molecular weight is 258 g/mol. The number of nitrogens with zero attached hydrogens (tertiary/aromatic N) is 2. The van der Waals surface area contributed by atoms with Gasteiger partial charge in [-0.1, -0.05) is 18.9 Å². The van der Waals surface area contributed by atoms with E-state index in [0.29, 0.717) is 5.92 Å². The molecule has 0 atom stereocenters.